The minimum absolute atomic E-state index is 1.17. The van der Waals surface area contributed by atoms with Crippen LogP contribution >= 0.6 is 0 Å². The largest absolute Gasteiger partial charge is 0.309 e. The summed E-state index contributed by atoms with van der Waals surface area (Å²) in [6.45, 7) is 0. The molecule has 2 aromatic heterocycles. The van der Waals surface area contributed by atoms with E-state index >= 15 is 0 Å². The fourth-order valence-corrected chi connectivity index (χ4v) is 7.61. The molecular weight excluding hydrogens is 581 g/mol. The van der Waals surface area contributed by atoms with Gasteiger partial charge in [0.15, 0.2) is 0 Å². The van der Waals surface area contributed by atoms with Gasteiger partial charge >= 0.3 is 0 Å². The fraction of sp³-hybridized carbons (Fsp3) is 0. The van der Waals surface area contributed by atoms with Crippen molar-refractivity contribution in [1.29, 1.82) is 0 Å². The van der Waals surface area contributed by atoms with Crippen LogP contribution in [0.4, 0.5) is 0 Å². The number of rotatable bonds is 4. The molecule has 0 saturated carbocycles. The summed E-state index contributed by atoms with van der Waals surface area (Å²) in [6, 6.07) is 66.2. The number of hydrogen-bond donors (Lipinski definition) is 0. The van der Waals surface area contributed by atoms with E-state index in [0.717, 1.165) is 0 Å². The van der Waals surface area contributed by atoms with Crippen LogP contribution in [0.2, 0.25) is 0 Å². The van der Waals surface area contributed by atoms with Gasteiger partial charge in [0.05, 0.1) is 22.1 Å². The molecule has 0 spiro atoms. The molecule has 0 N–H and O–H groups in total. The van der Waals surface area contributed by atoms with Crippen molar-refractivity contribution in [1.82, 2.24) is 9.13 Å². The average Bonchev–Trinajstić information content (AvgIpc) is 3.67. The molecule has 2 nitrogen and oxygen atoms in total. The second-order valence-corrected chi connectivity index (χ2v) is 12.6. The Kier molecular flexibility index (Phi) is 5.91. The van der Waals surface area contributed by atoms with Gasteiger partial charge in [-0.3, -0.25) is 0 Å². The standard InChI is InChI=1S/C46H30N2/c1-2-12-37(13-3-1)47-43-16-8-6-14-39(43)41-26-23-36(30-46(41)47)33-20-18-32(19-21-33)35-24-27-45-42(29-35)40-15-7-9-17-44(40)48(45)38-25-22-31-10-4-5-11-34(31)28-38/h1-30H. The fourth-order valence-electron chi connectivity index (χ4n) is 7.61. The summed E-state index contributed by atoms with van der Waals surface area (Å²) < 4.78 is 4.78. The maximum Gasteiger partial charge on any atom is 0.0547 e. The Bertz CT molecular complexity index is 2820. The Labute approximate surface area is 278 Å². The average molecular weight is 611 g/mol. The molecule has 0 atom stereocenters. The van der Waals surface area contributed by atoms with Crippen molar-refractivity contribution in [2.24, 2.45) is 0 Å². The normalized spacial score (nSPS) is 11.8. The van der Waals surface area contributed by atoms with Crippen LogP contribution in [0.15, 0.2) is 182 Å². The summed E-state index contributed by atoms with van der Waals surface area (Å²) in [6.07, 6.45) is 0. The maximum absolute atomic E-state index is 2.40. The van der Waals surface area contributed by atoms with Gasteiger partial charge in [-0.2, -0.15) is 0 Å². The van der Waals surface area contributed by atoms with Crippen LogP contribution in [0.3, 0.4) is 0 Å². The summed E-state index contributed by atoms with van der Waals surface area (Å²) in [5.74, 6) is 0. The van der Waals surface area contributed by atoms with Gasteiger partial charge in [-0.05, 0) is 87.6 Å². The Morgan fingerprint density at radius 3 is 1.52 bits per heavy atom. The number of nitrogens with zero attached hydrogens (tertiary/aromatic N) is 2. The molecule has 48 heavy (non-hydrogen) atoms. The second kappa shape index (κ2) is 10.6. The van der Waals surface area contributed by atoms with Crippen LogP contribution in [0.25, 0.3) is 88.0 Å². The summed E-state index contributed by atoms with van der Waals surface area (Å²) in [4.78, 5) is 0. The van der Waals surface area contributed by atoms with Gasteiger partial charge in [0.2, 0.25) is 0 Å². The lowest BCUT2D eigenvalue weighted by Crippen LogP contribution is -1.93. The van der Waals surface area contributed by atoms with Crippen LogP contribution in [0, 0.1) is 0 Å². The van der Waals surface area contributed by atoms with Crippen LogP contribution in [-0.2, 0) is 0 Å². The highest BCUT2D eigenvalue weighted by molar-refractivity contribution is 6.11. The lowest BCUT2D eigenvalue weighted by molar-refractivity contribution is 1.18. The highest BCUT2D eigenvalue weighted by Gasteiger charge is 2.15. The van der Waals surface area contributed by atoms with Crippen molar-refractivity contribution < 1.29 is 0 Å². The van der Waals surface area contributed by atoms with E-state index in [1.54, 1.807) is 0 Å². The molecule has 0 unspecified atom stereocenters. The second-order valence-electron chi connectivity index (χ2n) is 12.6. The lowest BCUT2D eigenvalue weighted by atomic mass is 9.98. The lowest BCUT2D eigenvalue weighted by Gasteiger charge is -2.10. The Morgan fingerprint density at radius 2 is 0.771 bits per heavy atom. The molecule has 0 aliphatic heterocycles. The maximum atomic E-state index is 2.40. The molecule has 10 aromatic rings. The SMILES string of the molecule is c1ccc(-n2c3ccccc3c3ccc(-c4ccc(-c5ccc6c(c5)c5ccccc5n6-c5ccc6ccccc6c5)cc4)cc32)cc1. The zero-order valence-corrected chi connectivity index (χ0v) is 26.2. The van der Waals surface area contributed by atoms with Gasteiger partial charge in [-0.1, -0.05) is 127 Å². The third-order valence-corrected chi connectivity index (χ3v) is 9.90. The summed E-state index contributed by atoms with van der Waals surface area (Å²) >= 11 is 0. The predicted molar refractivity (Wildman–Crippen MR) is 203 cm³/mol. The van der Waals surface area contributed by atoms with Crippen LogP contribution in [-0.4, -0.2) is 9.13 Å². The first kappa shape index (κ1) is 26.8. The van der Waals surface area contributed by atoms with E-state index in [1.165, 1.54) is 88.0 Å². The van der Waals surface area contributed by atoms with E-state index in [1.807, 2.05) is 0 Å². The van der Waals surface area contributed by atoms with E-state index in [-0.39, 0.29) is 0 Å². The molecule has 224 valence electrons. The minimum atomic E-state index is 1.17. The van der Waals surface area contributed by atoms with Crippen molar-refractivity contribution in [2.75, 3.05) is 0 Å². The van der Waals surface area contributed by atoms with Gasteiger partial charge in [0.1, 0.15) is 0 Å². The molecule has 10 rings (SSSR count). The molecule has 0 radical (unpaired) electrons. The number of aromatic nitrogens is 2. The minimum Gasteiger partial charge on any atom is -0.309 e. The first-order chi connectivity index (χ1) is 23.8. The van der Waals surface area contributed by atoms with Crippen molar-refractivity contribution in [3.63, 3.8) is 0 Å². The quantitative estimate of drug-likeness (QED) is 0.188. The van der Waals surface area contributed by atoms with Crippen molar-refractivity contribution in [3.8, 4) is 33.6 Å². The van der Waals surface area contributed by atoms with E-state index < -0.39 is 0 Å². The van der Waals surface area contributed by atoms with Crippen molar-refractivity contribution in [2.45, 2.75) is 0 Å². The van der Waals surface area contributed by atoms with Crippen LogP contribution < -0.4 is 0 Å². The number of fused-ring (bicyclic) bond motifs is 7. The molecule has 2 heteroatoms. The Morgan fingerprint density at radius 1 is 0.250 bits per heavy atom. The van der Waals surface area contributed by atoms with Gasteiger partial charge in [0.25, 0.3) is 0 Å². The zero-order chi connectivity index (χ0) is 31.6. The zero-order valence-electron chi connectivity index (χ0n) is 26.2. The third kappa shape index (κ3) is 4.13. The van der Waals surface area contributed by atoms with Gasteiger partial charge in [-0.15, -0.1) is 0 Å². The molecule has 0 aliphatic carbocycles. The topological polar surface area (TPSA) is 9.86 Å². The monoisotopic (exact) mass is 610 g/mol. The molecule has 8 aromatic carbocycles. The first-order valence-corrected chi connectivity index (χ1v) is 16.5. The highest BCUT2D eigenvalue weighted by Crippen LogP contribution is 2.38. The van der Waals surface area contributed by atoms with Crippen molar-refractivity contribution in [3.05, 3.63) is 182 Å². The van der Waals surface area contributed by atoms with E-state index in [9.17, 15) is 0 Å². The molecule has 0 amide bonds. The Hall–Kier alpha value is -6.38. The summed E-state index contributed by atoms with van der Waals surface area (Å²) in [5.41, 5.74) is 12.1. The Balaban J connectivity index is 1.06. The molecule has 0 bridgehead atoms. The predicted octanol–water partition coefficient (Wildman–Crippen LogP) is 12.4. The van der Waals surface area contributed by atoms with Gasteiger partial charge in [0, 0.05) is 32.9 Å². The molecular formula is C46H30N2. The first-order valence-electron chi connectivity index (χ1n) is 16.5. The van der Waals surface area contributed by atoms with Crippen molar-refractivity contribution >= 4 is 54.4 Å². The molecule has 2 heterocycles. The van der Waals surface area contributed by atoms with Gasteiger partial charge < -0.3 is 9.13 Å². The van der Waals surface area contributed by atoms with E-state index in [4.69, 9.17) is 0 Å². The van der Waals surface area contributed by atoms with Crippen LogP contribution in [0.5, 0.6) is 0 Å². The van der Waals surface area contributed by atoms with E-state index in [0.29, 0.717) is 0 Å². The number of para-hydroxylation sites is 3. The summed E-state index contributed by atoms with van der Waals surface area (Å²) in [5, 5.41) is 7.58. The van der Waals surface area contributed by atoms with E-state index in [2.05, 4.69) is 191 Å². The summed E-state index contributed by atoms with van der Waals surface area (Å²) in [7, 11) is 0. The highest BCUT2D eigenvalue weighted by atomic mass is 15.0. The molecule has 0 aliphatic rings. The van der Waals surface area contributed by atoms with Gasteiger partial charge in [-0.25, -0.2) is 0 Å². The molecule has 0 saturated heterocycles. The van der Waals surface area contributed by atoms with Crippen LogP contribution in [0.1, 0.15) is 0 Å². The molecule has 0 fully saturated rings. The smallest absolute Gasteiger partial charge is 0.0547 e. The number of benzene rings is 8. The number of hydrogen-bond acceptors (Lipinski definition) is 0. The third-order valence-electron chi connectivity index (χ3n) is 9.90.